The Morgan fingerprint density at radius 3 is 2.60 bits per heavy atom. The predicted octanol–water partition coefficient (Wildman–Crippen LogP) is 3.49. The molecule has 0 amide bonds. The Kier molecular flexibility index (Phi) is 2.63. The van der Waals surface area contributed by atoms with E-state index in [4.69, 9.17) is 4.43 Å². The quantitative estimate of drug-likeness (QED) is 0.703. The lowest BCUT2D eigenvalue weighted by Crippen LogP contribution is -2.25. The summed E-state index contributed by atoms with van der Waals surface area (Å²) in [5.74, 6) is 0. The Balaban J connectivity index is 2.12. The minimum Gasteiger partial charge on any atom is -0.417 e. The number of rotatable bonds is 3. The molecule has 0 saturated carbocycles. The number of hydrogen-bond acceptors (Lipinski definition) is 1. The van der Waals surface area contributed by atoms with Gasteiger partial charge in [-0.3, -0.25) is 0 Å². The smallest absolute Gasteiger partial charge is 0.210 e. The molecule has 0 saturated heterocycles. The summed E-state index contributed by atoms with van der Waals surface area (Å²) in [6.45, 7) is 4.38. The highest BCUT2D eigenvalue weighted by molar-refractivity contribution is 6.76. The first kappa shape index (κ1) is 10.4. The number of benzene rings is 1. The summed E-state index contributed by atoms with van der Waals surface area (Å²) in [6.07, 6.45) is 4.41. The fourth-order valence-corrected chi connectivity index (χ4v) is 2.27. The zero-order valence-corrected chi connectivity index (χ0v) is 10.4. The Labute approximate surface area is 92.2 Å². The summed E-state index contributed by atoms with van der Waals surface area (Å²) >= 11 is 0. The van der Waals surface area contributed by atoms with Crippen LogP contribution in [0.4, 0.5) is 0 Å². The van der Waals surface area contributed by atoms with E-state index in [2.05, 4.69) is 55.2 Å². The van der Waals surface area contributed by atoms with Crippen molar-refractivity contribution in [2.45, 2.75) is 13.1 Å². The second-order valence-electron chi connectivity index (χ2n) is 4.33. The van der Waals surface area contributed by atoms with E-state index in [0.29, 0.717) is 0 Å². The van der Waals surface area contributed by atoms with Crippen molar-refractivity contribution in [1.82, 2.24) is 0 Å². The molecule has 0 atom stereocenters. The van der Waals surface area contributed by atoms with Crippen molar-refractivity contribution in [2.24, 2.45) is 0 Å². The van der Waals surface area contributed by atoms with Crippen LogP contribution < -0.4 is 0 Å². The van der Waals surface area contributed by atoms with E-state index in [0.717, 1.165) is 0 Å². The zero-order valence-electron chi connectivity index (χ0n) is 9.45. The maximum atomic E-state index is 5.47. The first-order chi connectivity index (χ1) is 7.12. The minimum absolute atomic E-state index is 1.32. The van der Waals surface area contributed by atoms with E-state index in [-0.39, 0.29) is 0 Å². The number of hydrogen-bond donors (Lipinski definition) is 0. The lowest BCUT2D eigenvalue weighted by Gasteiger charge is -2.19. The van der Waals surface area contributed by atoms with Crippen LogP contribution in [-0.4, -0.2) is 15.4 Å². The maximum Gasteiger partial charge on any atom is 0.210 e. The Bertz CT molecular complexity index is 430. The van der Waals surface area contributed by atoms with Crippen LogP contribution >= 0.6 is 0 Å². The summed E-state index contributed by atoms with van der Waals surface area (Å²) in [5, 5.41) is 0. The Hall–Kier alpha value is -1.12. The summed E-state index contributed by atoms with van der Waals surface area (Å²) in [4.78, 5) is 0. The maximum absolute atomic E-state index is 5.47. The van der Waals surface area contributed by atoms with Crippen LogP contribution in [0.25, 0.3) is 11.6 Å². The second-order valence-corrected chi connectivity index (χ2v) is 8.28. The molecule has 1 aromatic rings. The standard InChI is InChI=1S/C13H16OSi/c1-14-15(2,3)9-8-12-10-11-6-4-5-7-13(11)12/h4-10H,1-3H3. The molecule has 0 spiro atoms. The first-order valence-corrected chi connectivity index (χ1v) is 8.16. The molecule has 15 heavy (non-hydrogen) atoms. The van der Waals surface area contributed by atoms with Crippen molar-refractivity contribution in [3.63, 3.8) is 0 Å². The number of fused-ring (bicyclic) bond motifs is 1. The fraction of sp³-hybridized carbons (Fsp3) is 0.231. The molecule has 1 aliphatic rings. The monoisotopic (exact) mass is 216 g/mol. The summed E-state index contributed by atoms with van der Waals surface area (Å²) in [5.41, 5.74) is 6.25. The second kappa shape index (κ2) is 3.80. The van der Waals surface area contributed by atoms with Crippen molar-refractivity contribution < 1.29 is 4.43 Å². The van der Waals surface area contributed by atoms with Gasteiger partial charge in [0.15, 0.2) is 0 Å². The van der Waals surface area contributed by atoms with Crippen molar-refractivity contribution in [3.8, 4) is 0 Å². The molecule has 78 valence electrons. The third kappa shape index (κ3) is 2.11. The van der Waals surface area contributed by atoms with E-state index < -0.39 is 8.32 Å². The van der Waals surface area contributed by atoms with Gasteiger partial charge in [0.05, 0.1) is 0 Å². The largest absolute Gasteiger partial charge is 0.417 e. The van der Waals surface area contributed by atoms with Gasteiger partial charge < -0.3 is 4.43 Å². The van der Waals surface area contributed by atoms with E-state index in [1.807, 2.05) is 0 Å². The average molecular weight is 216 g/mol. The molecular formula is C13H16OSi. The van der Waals surface area contributed by atoms with Crippen LogP contribution in [0.3, 0.4) is 0 Å². The Morgan fingerprint density at radius 1 is 1.20 bits per heavy atom. The summed E-state index contributed by atoms with van der Waals surface area (Å²) in [7, 11) is 0.226. The van der Waals surface area contributed by atoms with Crippen molar-refractivity contribution >= 4 is 20.0 Å². The topological polar surface area (TPSA) is 9.23 Å². The molecule has 0 N–H and O–H groups in total. The molecule has 1 aromatic carbocycles. The molecule has 2 rings (SSSR count). The van der Waals surface area contributed by atoms with Crippen LogP contribution in [0, 0.1) is 0 Å². The van der Waals surface area contributed by atoms with Gasteiger partial charge in [-0.2, -0.15) is 0 Å². The molecule has 0 aliphatic heterocycles. The third-order valence-corrected chi connectivity index (χ3v) is 4.79. The van der Waals surface area contributed by atoms with Gasteiger partial charge in [0.1, 0.15) is 0 Å². The van der Waals surface area contributed by atoms with Crippen LogP contribution in [0.1, 0.15) is 11.1 Å². The van der Waals surface area contributed by atoms with Gasteiger partial charge in [0, 0.05) is 7.11 Å². The molecule has 2 heteroatoms. The number of allylic oxidation sites excluding steroid dienone is 2. The lowest BCUT2D eigenvalue weighted by molar-refractivity contribution is 0.415. The highest BCUT2D eigenvalue weighted by Gasteiger charge is 2.18. The first-order valence-electron chi connectivity index (χ1n) is 5.18. The zero-order chi connectivity index (χ0) is 10.9. The van der Waals surface area contributed by atoms with Gasteiger partial charge in [0.25, 0.3) is 0 Å². The normalized spacial score (nSPS) is 14.7. The van der Waals surface area contributed by atoms with Gasteiger partial charge in [-0.15, -0.1) is 0 Å². The van der Waals surface area contributed by atoms with Gasteiger partial charge in [-0.05, 0) is 35.9 Å². The SMILES string of the molecule is CO[Si](C)(C)C=CC1=Cc2ccccc21. The Morgan fingerprint density at radius 2 is 1.93 bits per heavy atom. The lowest BCUT2D eigenvalue weighted by atomic mass is 9.89. The van der Waals surface area contributed by atoms with Crippen LogP contribution in [0.5, 0.6) is 0 Å². The van der Waals surface area contributed by atoms with Crippen molar-refractivity contribution in [3.05, 3.63) is 47.2 Å². The summed E-state index contributed by atoms with van der Waals surface area (Å²) in [6, 6.07) is 8.46. The van der Waals surface area contributed by atoms with Crippen LogP contribution in [0.15, 0.2) is 36.0 Å². The minimum atomic E-state index is -1.57. The molecule has 1 nitrogen and oxygen atoms in total. The van der Waals surface area contributed by atoms with E-state index in [1.54, 1.807) is 7.11 Å². The molecular weight excluding hydrogens is 200 g/mol. The van der Waals surface area contributed by atoms with Crippen LogP contribution in [0.2, 0.25) is 13.1 Å². The van der Waals surface area contributed by atoms with Gasteiger partial charge in [0.2, 0.25) is 8.32 Å². The molecule has 0 unspecified atom stereocenters. The van der Waals surface area contributed by atoms with Crippen molar-refractivity contribution in [2.75, 3.05) is 7.11 Å². The van der Waals surface area contributed by atoms with Crippen molar-refractivity contribution in [1.29, 1.82) is 0 Å². The molecule has 0 heterocycles. The average Bonchev–Trinajstić information content (AvgIpc) is 2.19. The highest BCUT2D eigenvalue weighted by Crippen LogP contribution is 2.33. The van der Waals surface area contributed by atoms with E-state index in [1.165, 1.54) is 16.7 Å². The highest BCUT2D eigenvalue weighted by atomic mass is 28.4. The summed E-state index contributed by atoms with van der Waals surface area (Å²) < 4.78 is 5.47. The van der Waals surface area contributed by atoms with E-state index in [9.17, 15) is 0 Å². The molecule has 0 radical (unpaired) electrons. The van der Waals surface area contributed by atoms with Gasteiger partial charge >= 0.3 is 0 Å². The molecule has 1 aliphatic carbocycles. The van der Waals surface area contributed by atoms with Gasteiger partial charge in [-0.25, -0.2) is 0 Å². The predicted molar refractivity (Wildman–Crippen MR) is 67.9 cm³/mol. The molecule has 0 fully saturated rings. The van der Waals surface area contributed by atoms with E-state index >= 15 is 0 Å². The molecule has 0 bridgehead atoms. The fourth-order valence-electron chi connectivity index (χ4n) is 1.55. The van der Waals surface area contributed by atoms with Gasteiger partial charge in [-0.1, -0.05) is 36.0 Å². The van der Waals surface area contributed by atoms with Crippen LogP contribution in [-0.2, 0) is 4.43 Å². The third-order valence-electron chi connectivity index (χ3n) is 2.77. The molecule has 0 aromatic heterocycles.